The fourth-order valence-corrected chi connectivity index (χ4v) is 3.33. The highest BCUT2D eigenvalue weighted by atomic mass is 32.1. The molecule has 1 aromatic heterocycles. The molecule has 2 aromatic carbocycles. The van der Waals surface area contributed by atoms with E-state index in [1.54, 1.807) is 30.6 Å². The largest absolute Gasteiger partial charge is 0.493 e. The number of hydrogen-bond donors (Lipinski definition) is 1. The van der Waals surface area contributed by atoms with Crippen molar-refractivity contribution in [3.8, 4) is 11.5 Å². The number of amides is 1. The number of benzene rings is 2. The SMILES string of the molecule is COc1cc(C(=O)Nc2cc(C(F)(F)F)ccc2N(C)C)ccc1OCc1cscn1. The molecule has 10 heteroatoms. The first-order valence-corrected chi connectivity index (χ1v) is 10.0. The van der Waals surface area contributed by atoms with Crippen molar-refractivity contribution in [3.05, 3.63) is 64.1 Å². The molecule has 1 amide bonds. The van der Waals surface area contributed by atoms with Gasteiger partial charge >= 0.3 is 6.18 Å². The van der Waals surface area contributed by atoms with Crippen molar-refractivity contribution in [2.75, 3.05) is 31.4 Å². The number of hydrogen-bond acceptors (Lipinski definition) is 6. The topological polar surface area (TPSA) is 63.7 Å². The number of aromatic nitrogens is 1. The quantitative estimate of drug-likeness (QED) is 0.544. The number of carbonyl (C=O) groups excluding carboxylic acids is 1. The van der Waals surface area contributed by atoms with Gasteiger partial charge in [0.2, 0.25) is 0 Å². The van der Waals surface area contributed by atoms with Crippen LogP contribution in [0.3, 0.4) is 0 Å². The number of nitrogens with zero attached hydrogens (tertiary/aromatic N) is 2. The lowest BCUT2D eigenvalue weighted by atomic mass is 10.1. The second-order valence-corrected chi connectivity index (χ2v) is 7.43. The first-order valence-electron chi connectivity index (χ1n) is 9.07. The fraction of sp³-hybridized carbons (Fsp3) is 0.238. The van der Waals surface area contributed by atoms with Gasteiger partial charge in [-0.15, -0.1) is 11.3 Å². The molecule has 31 heavy (non-hydrogen) atoms. The maximum atomic E-state index is 13.1. The lowest BCUT2D eigenvalue weighted by Gasteiger charge is -2.20. The Kier molecular flexibility index (Phi) is 6.69. The van der Waals surface area contributed by atoms with Crippen LogP contribution in [-0.2, 0) is 12.8 Å². The second-order valence-electron chi connectivity index (χ2n) is 6.71. The molecule has 0 saturated carbocycles. The van der Waals surface area contributed by atoms with Crippen LogP contribution in [0.1, 0.15) is 21.6 Å². The highest BCUT2D eigenvalue weighted by Crippen LogP contribution is 2.35. The van der Waals surface area contributed by atoms with E-state index in [9.17, 15) is 18.0 Å². The summed E-state index contributed by atoms with van der Waals surface area (Å²) in [6, 6.07) is 7.75. The number of rotatable bonds is 7. The fourth-order valence-electron chi connectivity index (χ4n) is 2.79. The molecule has 3 rings (SSSR count). The van der Waals surface area contributed by atoms with E-state index >= 15 is 0 Å². The Hall–Kier alpha value is -3.27. The number of nitrogens with one attached hydrogen (secondary N) is 1. The lowest BCUT2D eigenvalue weighted by molar-refractivity contribution is -0.137. The first kappa shape index (κ1) is 22.4. The number of methoxy groups -OCH3 is 1. The average molecular weight is 451 g/mol. The molecule has 1 N–H and O–H groups in total. The third kappa shape index (κ3) is 5.46. The highest BCUT2D eigenvalue weighted by Gasteiger charge is 2.31. The van der Waals surface area contributed by atoms with Gasteiger partial charge in [0, 0.05) is 25.0 Å². The molecule has 6 nitrogen and oxygen atoms in total. The summed E-state index contributed by atoms with van der Waals surface area (Å²) < 4.78 is 50.3. The molecule has 0 saturated heterocycles. The van der Waals surface area contributed by atoms with Crippen LogP contribution in [0.15, 0.2) is 47.3 Å². The molecule has 0 atom stereocenters. The zero-order valence-electron chi connectivity index (χ0n) is 17.0. The highest BCUT2D eigenvalue weighted by molar-refractivity contribution is 7.07. The first-order chi connectivity index (χ1) is 14.7. The van der Waals surface area contributed by atoms with Gasteiger partial charge in [0.1, 0.15) is 6.61 Å². The molecule has 0 radical (unpaired) electrons. The molecule has 1 heterocycles. The molecule has 0 aliphatic carbocycles. The molecular weight excluding hydrogens is 431 g/mol. The van der Waals surface area contributed by atoms with Crippen LogP contribution in [0.25, 0.3) is 0 Å². The maximum Gasteiger partial charge on any atom is 0.416 e. The Morgan fingerprint density at radius 1 is 1.16 bits per heavy atom. The van der Waals surface area contributed by atoms with Crippen molar-refractivity contribution in [3.63, 3.8) is 0 Å². The van der Waals surface area contributed by atoms with Crippen molar-refractivity contribution in [2.45, 2.75) is 12.8 Å². The zero-order valence-corrected chi connectivity index (χ0v) is 17.8. The smallest absolute Gasteiger partial charge is 0.416 e. The van der Waals surface area contributed by atoms with Crippen LogP contribution < -0.4 is 19.7 Å². The van der Waals surface area contributed by atoms with Gasteiger partial charge in [-0.3, -0.25) is 4.79 Å². The van der Waals surface area contributed by atoms with Gasteiger partial charge in [-0.1, -0.05) is 0 Å². The minimum Gasteiger partial charge on any atom is -0.493 e. The molecule has 164 valence electrons. The van der Waals surface area contributed by atoms with Crippen LogP contribution in [0.4, 0.5) is 24.5 Å². The number of thiazole rings is 1. The van der Waals surface area contributed by atoms with Gasteiger partial charge in [0.15, 0.2) is 11.5 Å². The van der Waals surface area contributed by atoms with Crippen LogP contribution in [-0.4, -0.2) is 32.1 Å². The van der Waals surface area contributed by atoms with E-state index in [0.29, 0.717) is 17.2 Å². The van der Waals surface area contributed by atoms with Gasteiger partial charge in [0.05, 0.1) is 35.3 Å². The van der Waals surface area contributed by atoms with E-state index in [4.69, 9.17) is 9.47 Å². The summed E-state index contributed by atoms with van der Waals surface area (Å²) in [5.74, 6) is 0.159. The zero-order chi connectivity index (χ0) is 22.6. The number of alkyl halides is 3. The van der Waals surface area contributed by atoms with Crippen LogP contribution >= 0.6 is 11.3 Å². The predicted octanol–water partition coefficient (Wildman–Crippen LogP) is 5.07. The molecular formula is C21H20F3N3O3S. The normalized spacial score (nSPS) is 11.2. The molecule has 0 bridgehead atoms. The van der Waals surface area contributed by atoms with Gasteiger partial charge < -0.3 is 19.7 Å². The molecule has 0 aliphatic heterocycles. The van der Waals surface area contributed by atoms with Crippen molar-refractivity contribution < 1.29 is 27.4 Å². The van der Waals surface area contributed by atoms with E-state index in [2.05, 4.69) is 10.3 Å². The van der Waals surface area contributed by atoms with E-state index < -0.39 is 17.6 Å². The summed E-state index contributed by atoms with van der Waals surface area (Å²) >= 11 is 1.45. The van der Waals surface area contributed by atoms with E-state index in [-0.39, 0.29) is 17.9 Å². The second kappa shape index (κ2) is 9.25. The minimum atomic E-state index is -4.52. The Balaban J connectivity index is 1.83. The predicted molar refractivity (Wildman–Crippen MR) is 113 cm³/mol. The van der Waals surface area contributed by atoms with Gasteiger partial charge in [0.25, 0.3) is 5.91 Å². The number of carbonyl (C=O) groups is 1. The Morgan fingerprint density at radius 2 is 1.94 bits per heavy atom. The Morgan fingerprint density at radius 3 is 2.55 bits per heavy atom. The van der Waals surface area contributed by atoms with Crippen LogP contribution in [0.2, 0.25) is 0 Å². The van der Waals surface area contributed by atoms with Gasteiger partial charge in [-0.05, 0) is 36.4 Å². The standard InChI is InChI=1S/C21H20F3N3O3S/c1-27(2)17-6-5-14(21(22,23)24)9-16(17)26-20(28)13-4-7-18(19(8-13)29-3)30-10-15-11-31-12-25-15/h4-9,11-12H,10H2,1-3H3,(H,26,28). The summed E-state index contributed by atoms with van der Waals surface area (Å²) in [6.45, 7) is 0.238. The van der Waals surface area contributed by atoms with Crippen molar-refractivity contribution in [1.82, 2.24) is 4.98 Å². The monoisotopic (exact) mass is 451 g/mol. The lowest BCUT2D eigenvalue weighted by Crippen LogP contribution is -2.18. The maximum absolute atomic E-state index is 13.1. The van der Waals surface area contributed by atoms with Crippen molar-refractivity contribution >= 4 is 28.6 Å². The average Bonchev–Trinajstić information content (AvgIpc) is 3.24. The molecule has 3 aromatic rings. The molecule has 0 spiro atoms. The van der Waals surface area contributed by atoms with Gasteiger partial charge in [-0.2, -0.15) is 13.2 Å². The molecule has 0 fully saturated rings. The number of anilines is 2. The molecule has 0 unspecified atom stereocenters. The van der Waals surface area contributed by atoms with Crippen molar-refractivity contribution in [2.24, 2.45) is 0 Å². The third-order valence-corrected chi connectivity index (χ3v) is 4.97. The summed E-state index contributed by atoms with van der Waals surface area (Å²) in [5.41, 5.74) is 2.30. The van der Waals surface area contributed by atoms with E-state index in [0.717, 1.165) is 17.8 Å². The van der Waals surface area contributed by atoms with Gasteiger partial charge in [-0.25, -0.2) is 4.98 Å². The Labute approximate surface area is 181 Å². The minimum absolute atomic E-state index is 0.0488. The molecule has 0 aliphatic rings. The van der Waals surface area contributed by atoms with E-state index in [1.807, 2.05) is 5.38 Å². The summed E-state index contributed by atoms with van der Waals surface area (Å²) in [5, 5.41) is 4.41. The van der Waals surface area contributed by atoms with Crippen LogP contribution in [0.5, 0.6) is 11.5 Å². The number of halogens is 3. The van der Waals surface area contributed by atoms with Crippen LogP contribution in [0, 0.1) is 0 Å². The third-order valence-electron chi connectivity index (χ3n) is 4.34. The summed E-state index contributed by atoms with van der Waals surface area (Å²) in [6.07, 6.45) is -4.52. The summed E-state index contributed by atoms with van der Waals surface area (Å²) in [4.78, 5) is 18.5. The Bertz CT molecular complexity index is 1050. The van der Waals surface area contributed by atoms with E-state index in [1.165, 1.54) is 36.6 Å². The summed E-state index contributed by atoms with van der Waals surface area (Å²) in [7, 11) is 4.79. The van der Waals surface area contributed by atoms with Crippen molar-refractivity contribution in [1.29, 1.82) is 0 Å². The number of ether oxygens (including phenoxy) is 2.